The Hall–Kier alpha value is -1.30. The number of amides is 1. The zero-order chi connectivity index (χ0) is 14.5. The van der Waals surface area contributed by atoms with E-state index in [4.69, 9.17) is 12.2 Å². The smallest absolute Gasteiger partial charge is 0.251 e. The van der Waals surface area contributed by atoms with Gasteiger partial charge in [0.15, 0.2) is 0 Å². The van der Waals surface area contributed by atoms with Crippen LogP contribution in [0.15, 0.2) is 36.9 Å². The van der Waals surface area contributed by atoms with E-state index >= 15 is 0 Å². The lowest BCUT2D eigenvalue weighted by Crippen LogP contribution is -2.47. The number of fused-ring (bicyclic) bond motifs is 3. The zero-order valence-corrected chi connectivity index (χ0v) is 13.6. The monoisotopic (exact) mass is 319 g/mol. The van der Waals surface area contributed by atoms with Crippen molar-refractivity contribution in [3.05, 3.63) is 45.6 Å². The topological polar surface area (TPSA) is 20.3 Å². The highest BCUT2D eigenvalue weighted by molar-refractivity contribution is 7.80. The lowest BCUT2D eigenvalue weighted by atomic mass is 9.87. The minimum atomic E-state index is -0.410. The van der Waals surface area contributed by atoms with E-state index in [-0.39, 0.29) is 5.91 Å². The predicted molar refractivity (Wildman–Crippen MR) is 89.2 cm³/mol. The molecule has 0 saturated carbocycles. The van der Waals surface area contributed by atoms with Gasteiger partial charge in [-0.25, -0.2) is 0 Å². The van der Waals surface area contributed by atoms with Crippen LogP contribution in [0, 0.1) is 3.82 Å². The molecule has 1 aliphatic rings. The highest BCUT2D eigenvalue weighted by Gasteiger charge is 2.41. The molecular formula is C15H13NOS3. The minimum absolute atomic E-state index is 0.0857. The summed E-state index contributed by atoms with van der Waals surface area (Å²) in [6.45, 7) is 7.74. The molecule has 0 radical (unpaired) electrons. The van der Waals surface area contributed by atoms with E-state index < -0.39 is 5.54 Å². The van der Waals surface area contributed by atoms with Crippen LogP contribution in [-0.2, 0) is 10.3 Å². The number of carbonyl (C=O) groups is 1. The first-order valence-electron chi connectivity index (χ1n) is 6.18. The van der Waals surface area contributed by atoms with Gasteiger partial charge in [0.25, 0.3) is 5.91 Å². The second-order valence-electron chi connectivity index (χ2n) is 5.11. The molecule has 0 unspecified atom stereocenters. The molecule has 0 fully saturated rings. The third-order valence-corrected chi connectivity index (χ3v) is 6.89. The quantitative estimate of drug-likeness (QED) is 0.420. The van der Waals surface area contributed by atoms with E-state index in [1.165, 1.54) is 6.08 Å². The number of nitrogens with zero attached hydrogens (tertiary/aromatic N) is 1. The molecule has 102 valence electrons. The summed E-state index contributed by atoms with van der Waals surface area (Å²) in [5, 5.41) is 0. The molecule has 2 aromatic rings. The summed E-state index contributed by atoms with van der Waals surface area (Å²) in [7, 11) is 3.26. The Kier molecular flexibility index (Phi) is 3.16. The van der Waals surface area contributed by atoms with Gasteiger partial charge in [-0.1, -0.05) is 57.7 Å². The average molecular weight is 319 g/mol. The SMILES string of the molecule is C=CC(=O)N1c2ccccc2-c2c(ssc2=S)C1(C)C. The highest BCUT2D eigenvalue weighted by Crippen LogP contribution is 2.51. The summed E-state index contributed by atoms with van der Waals surface area (Å²) < 4.78 is 0.899. The first kappa shape index (κ1) is 13.7. The standard InChI is InChI=1S/C15H13NOS3/c1-4-11(17)16-10-8-6-5-7-9(10)12-13(15(16,2)3)19-20-14(12)18/h4-8H,1H2,2-3H3. The third kappa shape index (κ3) is 1.74. The Morgan fingerprint density at radius 1 is 1.35 bits per heavy atom. The molecule has 2 nitrogen and oxygen atoms in total. The van der Waals surface area contributed by atoms with Crippen LogP contribution < -0.4 is 4.90 Å². The molecule has 0 bridgehead atoms. The Morgan fingerprint density at radius 3 is 2.75 bits per heavy atom. The number of hydrogen-bond acceptors (Lipinski definition) is 4. The minimum Gasteiger partial charge on any atom is -0.298 e. The van der Waals surface area contributed by atoms with Gasteiger partial charge in [-0.3, -0.25) is 9.69 Å². The highest BCUT2D eigenvalue weighted by atomic mass is 32.9. The van der Waals surface area contributed by atoms with E-state index in [1.807, 2.05) is 29.2 Å². The predicted octanol–water partition coefficient (Wildman–Crippen LogP) is 4.97. The summed E-state index contributed by atoms with van der Waals surface area (Å²) in [5.41, 5.74) is 2.66. The van der Waals surface area contributed by atoms with Gasteiger partial charge in [-0.15, -0.1) is 0 Å². The van der Waals surface area contributed by atoms with Crippen LogP contribution in [0.5, 0.6) is 0 Å². The van der Waals surface area contributed by atoms with E-state index in [0.29, 0.717) is 0 Å². The number of para-hydroxylation sites is 1. The van der Waals surface area contributed by atoms with Crippen LogP contribution in [0.25, 0.3) is 11.1 Å². The number of rotatable bonds is 1. The Balaban J connectivity index is 2.40. The second-order valence-corrected chi connectivity index (χ2v) is 7.93. The van der Waals surface area contributed by atoms with Gasteiger partial charge < -0.3 is 0 Å². The third-order valence-electron chi connectivity index (χ3n) is 3.56. The van der Waals surface area contributed by atoms with Crippen molar-refractivity contribution >= 4 is 44.5 Å². The fourth-order valence-corrected chi connectivity index (χ4v) is 5.95. The molecule has 3 rings (SSSR count). The van der Waals surface area contributed by atoms with E-state index in [2.05, 4.69) is 20.4 Å². The van der Waals surface area contributed by atoms with Crippen LogP contribution in [-0.4, -0.2) is 5.91 Å². The van der Waals surface area contributed by atoms with Gasteiger partial charge in [0.05, 0.1) is 16.1 Å². The van der Waals surface area contributed by atoms with Crippen molar-refractivity contribution in [3.8, 4) is 11.1 Å². The van der Waals surface area contributed by atoms with Gasteiger partial charge in [-0.2, -0.15) is 0 Å². The number of carbonyl (C=O) groups excluding carboxylic acids is 1. The van der Waals surface area contributed by atoms with E-state index in [1.54, 1.807) is 20.7 Å². The van der Waals surface area contributed by atoms with Crippen LogP contribution >= 0.6 is 32.9 Å². The van der Waals surface area contributed by atoms with Gasteiger partial charge in [0.2, 0.25) is 0 Å². The molecule has 0 spiro atoms. The lowest BCUT2D eigenvalue weighted by molar-refractivity contribution is -0.115. The summed E-state index contributed by atoms with van der Waals surface area (Å²) in [5.74, 6) is -0.0857. The lowest BCUT2D eigenvalue weighted by Gasteiger charge is -2.42. The van der Waals surface area contributed by atoms with Crippen molar-refractivity contribution in [2.45, 2.75) is 19.4 Å². The van der Waals surface area contributed by atoms with Crippen molar-refractivity contribution in [1.29, 1.82) is 0 Å². The van der Waals surface area contributed by atoms with Gasteiger partial charge in [0.1, 0.15) is 3.82 Å². The molecule has 20 heavy (non-hydrogen) atoms. The molecule has 1 aromatic carbocycles. The van der Waals surface area contributed by atoms with Gasteiger partial charge >= 0.3 is 0 Å². The maximum Gasteiger partial charge on any atom is 0.251 e. The molecular weight excluding hydrogens is 306 g/mol. The van der Waals surface area contributed by atoms with Crippen LogP contribution in [0.3, 0.4) is 0 Å². The fraction of sp³-hybridized carbons (Fsp3) is 0.200. The molecule has 0 N–H and O–H groups in total. The van der Waals surface area contributed by atoms with Crippen molar-refractivity contribution in [1.82, 2.24) is 0 Å². The average Bonchev–Trinajstić information content (AvgIpc) is 2.81. The molecule has 2 heterocycles. The Morgan fingerprint density at radius 2 is 2.05 bits per heavy atom. The first-order valence-corrected chi connectivity index (χ1v) is 8.74. The van der Waals surface area contributed by atoms with E-state index in [0.717, 1.165) is 25.5 Å². The zero-order valence-electron chi connectivity index (χ0n) is 11.2. The van der Waals surface area contributed by atoms with Crippen LogP contribution in [0.4, 0.5) is 5.69 Å². The Labute approximate surface area is 130 Å². The summed E-state index contributed by atoms with van der Waals surface area (Å²) in [4.78, 5) is 15.3. The molecule has 0 saturated heterocycles. The molecule has 0 aliphatic carbocycles. The molecule has 5 heteroatoms. The number of hydrogen-bond donors (Lipinski definition) is 0. The number of anilines is 1. The molecule has 1 amide bonds. The van der Waals surface area contributed by atoms with Crippen LogP contribution in [0.2, 0.25) is 0 Å². The van der Waals surface area contributed by atoms with Crippen molar-refractivity contribution in [2.75, 3.05) is 4.90 Å². The largest absolute Gasteiger partial charge is 0.298 e. The molecule has 0 atom stereocenters. The molecule has 1 aromatic heterocycles. The maximum atomic E-state index is 12.4. The van der Waals surface area contributed by atoms with E-state index in [9.17, 15) is 4.79 Å². The van der Waals surface area contributed by atoms with Crippen LogP contribution in [0.1, 0.15) is 18.7 Å². The Bertz CT molecular complexity index is 769. The summed E-state index contributed by atoms with van der Waals surface area (Å²) >= 11 is 5.49. The fourth-order valence-electron chi connectivity index (χ4n) is 2.66. The van der Waals surface area contributed by atoms with Crippen molar-refractivity contribution in [3.63, 3.8) is 0 Å². The number of benzene rings is 1. The molecule has 1 aliphatic heterocycles. The maximum absolute atomic E-state index is 12.4. The normalized spacial score (nSPS) is 15.4. The van der Waals surface area contributed by atoms with Crippen molar-refractivity contribution in [2.24, 2.45) is 0 Å². The van der Waals surface area contributed by atoms with Gasteiger partial charge in [0, 0.05) is 11.1 Å². The first-order chi connectivity index (χ1) is 9.48. The second kappa shape index (κ2) is 4.62. The summed E-state index contributed by atoms with van der Waals surface area (Å²) in [6, 6.07) is 7.93. The van der Waals surface area contributed by atoms with Crippen molar-refractivity contribution < 1.29 is 4.79 Å². The van der Waals surface area contributed by atoms with Gasteiger partial charge in [-0.05, 0) is 26.0 Å². The summed E-state index contributed by atoms with van der Waals surface area (Å²) in [6.07, 6.45) is 1.37.